The minimum absolute atomic E-state index is 0.635. The highest BCUT2D eigenvalue weighted by molar-refractivity contribution is 6.80. The number of allylic oxidation sites excluding steroid dienone is 3. The summed E-state index contributed by atoms with van der Waals surface area (Å²) in [5, 5.41) is 1.97. The summed E-state index contributed by atoms with van der Waals surface area (Å²) >= 11 is 0. The second kappa shape index (κ2) is 7.34. The summed E-state index contributed by atoms with van der Waals surface area (Å²) in [5.41, 5.74) is 0.635. The van der Waals surface area contributed by atoms with Gasteiger partial charge in [-0.3, -0.25) is 0 Å². The van der Waals surface area contributed by atoms with Crippen molar-refractivity contribution < 1.29 is 4.48 Å². The van der Waals surface area contributed by atoms with Gasteiger partial charge in [0, 0.05) is 38.9 Å². The first-order valence-corrected chi connectivity index (χ1v) is 10.0. The van der Waals surface area contributed by atoms with Crippen LogP contribution < -0.4 is 4.79 Å². The first-order chi connectivity index (χ1) is 10.7. The van der Waals surface area contributed by atoms with Crippen LogP contribution in [0.15, 0.2) is 80.4 Å². The van der Waals surface area contributed by atoms with Gasteiger partial charge in [-0.05, 0) is 11.5 Å². The van der Waals surface area contributed by atoms with Crippen LogP contribution >= 0.6 is 0 Å². The molecule has 0 fully saturated rings. The highest BCUT2D eigenvalue weighted by atomic mass is 28.3. The van der Waals surface area contributed by atoms with Crippen molar-refractivity contribution in [1.82, 2.24) is 4.79 Å². The van der Waals surface area contributed by atoms with E-state index in [2.05, 4.69) is 19.7 Å². The van der Waals surface area contributed by atoms with Crippen LogP contribution in [0.2, 0.25) is 18.1 Å². The summed E-state index contributed by atoms with van der Waals surface area (Å²) in [5.74, 6) is 0. The number of benzene rings is 2. The molecule has 0 aliphatic heterocycles. The molecule has 0 bridgehead atoms. The van der Waals surface area contributed by atoms with E-state index in [-0.39, 0.29) is 0 Å². The Kier molecular flexibility index (Phi) is 5.47. The Morgan fingerprint density at radius 3 is 2.00 bits per heavy atom. The van der Waals surface area contributed by atoms with Gasteiger partial charge in [0.1, 0.15) is 0 Å². The zero-order chi connectivity index (χ0) is 16.0. The molecule has 0 spiro atoms. The van der Waals surface area contributed by atoms with Gasteiger partial charge in [-0.1, -0.05) is 48.6 Å². The highest BCUT2D eigenvalue weighted by Crippen LogP contribution is 2.35. The topological polar surface area (TPSA) is 5.90 Å². The third kappa shape index (κ3) is 3.10. The average Bonchev–Trinajstić information content (AvgIpc) is 2.54. The second-order valence-corrected chi connectivity index (χ2v) is 9.55. The minimum Gasteiger partial charge on any atom is -0.103 e. The van der Waals surface area contributed by atoms with Crippen molar-refractivity contribution >= 4 is 24.7 Å². The SMILES string of the molecule is C=CC[Si](CC=C)(CC=C)[N+](F)c1cccc2ccccc12. The molecule has 2 aromatic rings. The van der Waals surface area contributed by atoms with E-state index in [1.165, 1.54) is 0 Å². The summed E-state index contributed by atoms with van der Waals surface area (Å²) in [4.78, 5) is 1.01. The van der Waals surface area contributed by atoms with Crippen molar-refractivity contribution in [2.24, 2.45) is 0 Å². The normalized spacial score (nSPS) is 11.5. The summed E-state index contributed by atoms with van der Waals surface area (Å²) in [6, 6.07) is 15.6. The average molecular weight is 311 g/mol. The zero-order valence-electron chi connectivity index (χ0n) is 12.8. The lowest BCUT2D eigenvalue weighted by Crippen LogP contribution is -2.49. The molecular weight excluding hydrogens is 289 g/mol. The van der Waals surface area contributed by atoms with Crippen molar-refractivity contribution in [2.75, 3.05) is 0 Å². The molecule has 2 aromatic carbocycles. The van der Waals surface area contributed by atoms with E-state index in [0.29, 0.717) is 23.8 Å². The molecule has 1 radical (unpaired) electrons. The molecule has 113 valence electrons. The number of rotatable bonds is 8. The third-order valence-electron chi connectivity index (χ3n) is 3.97. The van der Waals surface area contributed by atoms with Gasteiger partial charge >= 0.3 is 8.24 Å². The smallest absolute Gasteiger partial charge is 0.103 e. The van der Waals surface area contributed by atoms with Crippen molar-refractivity contribution in [2.45, 2.75) is 18.1 Å². The summed E-state index contributed by atoms with van der Waals surface area (Å²) < 4.78 is 15.5. The van der Waals surface area contributed by atoms with Gasteiger partial charge in [-0.25, -0.2) is 0 Å². The fourth-order valence-corrected chi connectivity index (χ4v) is 6.23. The van der Waals surface area contributed by atoms with E-state index in [9.17, 15) is 0 Å². The van der Waals surface area contributed by atoms with Gasteiger partial charge in [-0.2, -0.15) is 0 Å². The van der Waals surface area contributed by atoms with E-state index in [0.717, 1.165) is 15.6 Å². The van der Waals surface area contributed by atoms with Crippen molar-refractivity contribution in [3.8, 4) is 0 Å². The highest BCUT2D eigenvalue weighted by Gasteiger charge is 2.52. The van der Waals surface area contributed by atoms with Gasteiger partial charge in [0.05, 0.1) is 0 Å². The summed E-state index contributed by atoms with van der Waals surface area (Å²) in [7, 11) is -2.44. The fraction of sp³-hybridized carbons (Fsp3) is 0.158. The van der Waals surface area contributed by atoms with E-state index >= 15 is 4.48 Å². The van der Waals surface area contributed by atoms with Gasteiger partial charge in [0.2, 0.25) is 5.69 Å². The summed E-state index contributed by atoms with van der Waals surface area (Å²) in [6.45, 7) is 11.5. The van der Waals surface area contributed by atoms with Gasteiger partial charge in [-0.15, -0.1) is 19.7 Å². The fourth-order valence-electron chi connectivity index (χ4n) is 2.93. The molecule has 0 saturated heterocycles. The Bertz CT molecular complexity index is 648. The lowest BCUT2D eigenvalue weighted by Gasteiger charge is -2.22. The number of fused-ring (bicyclic) bond motifs is 1. The van der Waals surface area contributed by atoms with Crippen LogP contribution in [0.4, 0.5) is 10.2 Å². The maximum absolute atomic E-state index is 15.5. The Morgan fingerprint density at radius 2 is 1.41 bits per heavy atom. The molecule has 3 heteroatoms. The van der Waals surface area contributed by atoms with Crippen LogP contribution in [0.5, 0.6) is 0 Å². The molecule has 0 heterocycles. The molecule has 0 atom stereocenters. The molecule has 0 saturated carbocycles. The Morgan fingerprint density at radius 1 is 0.864 bits per heavy atom. The molecule has 0 amide bonds. The summed E-state index contributed by atoms with van der Waals surface area (Å²) in [6.07, 6.45) is 5.45. The maximum atomic E-state index is 15.5. The first-order valence-electron chi connectivity index (χ1n) is 7.45. The van der Waals surface area contributed by atoms with Gasteiger partial charge < -0.3 is 0 Å². The largest absolute Gasteiger partial charge is 0.398 e. The quantitative estimate of drug-likeness (QED) is 0.320. The first kappa shape index (κ1) is 16.4. The number of anilines is 1. The maximum Gasteiger partial charge on any atom is 0.398 e. The van der Waals surface area contributed by atoms with E-state index in [4.69, 9.17) is 0 Å². The van der Waals surface area contributed by atoms with Crippen LogP contribution in [0.3, 0.4) is 0 Å². The molecule has 2 rings (SSSR count). The number of halogens is 1. The van der Waals surface area contributed by atoms with Crippen LogP contribution in [0.1, 0.15) is 0 Å². The van der Waals surface area contributed by atoms with Crippen molar-refractivity contribution in [1.29, 1.82) is 0 Å². The van der Waals surface area contributed by atoms with Crippen molar-refractivity contribution in [3.05, 3.63) is 80.4 Å². The van der Waals surface area contributed by atoms with E-state index in [1.807, 2.05) is 60.7 Å². The Labute approximate surface area is 133 Å². The number of hydrogen-bond donors (Lipinski definition) is 0. The second-order valence-electron chi connectivity index (χ2n) is 5.48. The predicted octanol–water partition coefficient (Wildman–Crippen LogP) is 6.00. The van der Waals surface area contributed by atoms with Crippen LogP contribution in [-0.2, 0) is 0 Å². The molecule has 0 aliphatic rings. The standard InChI is InChI=1S/C19H22FNSi/c1-4-14-22(15-5-2,16-6-3)21(20)19-13-9-11-17-10-7-8-12-18(17)19/h4-13H,1-3,14-16H2/q+1. The Balaban J connectivity index is 2.56. The lowest BCUT2D eigenvalue weighted by atomic mass is 10.1. The molecule has 0 aromatic heterocycles. The third-order valence-corrected chi connectivity index (χ3v) is 8.19. The molecule has 0 aliphatic carbocycles. The molecule has 1 nitrogen and oxygen atoms in total. The van der Waals surface area contributed by atoms with Gasteiger partial charge in [0.25, 0.3) is 0 Å². The zero-order valence-corrected chi connectivity index (χ0v) is 13.8. The molecule has 0 N–H and O–H groups in total. The molecule has 22 heavy (non-hydrogen) atoms. The molecular formula is C19H22FNSi+. The number of hydrogen-bond acceptors (Lipinski definition) is 1. The molecule has 0 unspecified atom stereocenters. The minimum atomic E-state index is -2.44. The van der Waals surface area contributed by atoms with E-state index < -0.39 is 8.24 Å². The van der Waals surface area contributed by atoms with Crippen molar-refractivity contribution in [3.63, 3.8) is 0 Å². The van der Waals surface area contributed by atoms with Crippen LogP contribution in [0, 0.1) is 0 Å². The Hall–Kier alpha value is -1.97. The number of nitrogens with zero attached hydrogens (tertiary/aromatic N) is 1. The van der Waals surface area contributed by atoms with Crippen LogP contribution in [-0.4, -0.2) is 8.24 Å². The predicted molar refractivity (Wildman–Crippen MR) is 97.6 cm³/mol. The van der Waals surface area contributed by atoms with E-state index in [1.54, 1.807) is 0 Å². The van der Waals surface area contributed by atoms with Crippen LogP contribution in [0.25, 0.3) is 10.8 Å². The lowest BCUT2D eigenvalue weighted by molar-refractivity contribution is 0.318. The van der Waals surface area contributed by atoms with Gasteiger partial charge in [0.15, 0.2) is 0 Å². The monoisotopic (exact) mass is 311 g/mol.